The number of carbonyl (C=O) groups excluding carboxylic acids is 2. The lowest BCUT2D eigenvalue weighted by atomic mass is 10.2. The Labute approximate surface area is 157 Å². The van der Waals surface area contributed by atoms with Gasteiger partial charge in [0.25, 0.3) is 0 Å². The quantitative estimate of drug-likeness (QED) is 0.747. The maximum Gasteiger partial charge on any atom is 0.244 e. The Kier molecular flexibility index (Phi) is 7.40. The number of carbonyl (C=O) groups is 2. The Morgan fingerprint density at radius 2 is 1.76 bits per heavy atom. The standard InChI is InChI=1S/C19H22N2O2S2/c1-14-8-10-15(11-9-14)25-13-19(23)21(2)12-18(22)20-16-6-4-5-7-17(16)24-3/h4-11H,12-13H2,1-3H3,(H,20,22). The molecule has 0 spiro atoms. The second-order valence-electron chi connectivity index (χ2n) is 5.60. The van der Waals surface area contributed by atoms with Gasteiger partial charge in [-0.25, -0.2) is 0 Å². The number of nitrogens with zero attached hydrogens (tertiary/aromatic N) is 1. The highest BCUT2D eigenvalue weighted by atomic mass is 32.2. The first-order valence-electron chi connectivity index (χ1n) is 7.86. The van der Waals surface area contributed by atoms with Crippen molar-refractivity contribution in [2.24, 2.45) is 0 Å². The molecule has 0 atom stereocenters. The van der Waals surface area contributed by atoms with Crippen molar-refractivity contribution < 1.29 is 9.59 Å². The van der Waals surface area contributed by atoms with Gasteiger partial charge in [0.05, 0.1) is 18.0 Å². The predicted molar refractivity (Wildman–Crippen MR) is 106 cm³/mol. The molecular weight excluding hydrogens is 352 g/mol. The smallest absolute Gasteiger partial charge is 0.244 e. The van der Waals surface area contributed by atoms with Crippen molar-refractivity contribution in [3.63, 3.8) is 0 Å². The van der Waals surface area contributed by atoms with E-state index in [1.54, 1.807) is 18.8 Å². The van der Waals surface area contributed by atoms with Gasteiger partial charge in [0, 0.05) is 16.8 Å². The fourth-order valence-corrected chi connectivity index (χ4v) is 3.52. The molecule has 2 aromatic carbocycles. The van der Waals surface area contributed by atoms with E-state index in [0.717, 1.165) is 15.5 Å². The van der Waals surface area contributed by atoms with Crippen LogP contribution in [0.3, 0.4) is 0 Å². The summed E-state index contributed by atoms with van der Waals surface area (Å²) in [5.41, 5.74) is 1.96. The zero-order valence-electron chi connectivity index (χ0n) is 14.6. The number of para-hydroxylation sites is 1. The number of aryl methyl sites for hydroxylation is 1. The van der Waals surface area contributed by atoms with Crippen LogP contribution < -0.4 is 5.32 Å². The molecule has 132 valence electrons. The summed E-state index contributed by atoms with van der Waals surface area (Å²) in [5.74, 6) is 0.0467. The lowest BCUT2D eigenvalue weighted by molar-refractivity contribution is -0.131. The highest BCUT2D eigenvalue weighted by molar-refractivity contribution is 8.00. The van der Waals surface area contributed by atoms with Gasteiger partial charge >= 0.3 is 0 Å². The Bertz CT molecular complexity index is 732. The number of rotatable bonds is 7. The molecule has 0 saturated heterocycles. The van der Waals surface area contributed by atoms with Gasteiger partial charge in [-0.1, -0.05) is 29.8 Å². The average Bonchev–Trinajstić information content (AvgIpc) is 2.61. The minimum absolute atomic E-state index is 0.0377. The minimum atomic E-state index is -0.197. The maximum absolute atomic E-state index is 12.2. The Hall–Kier alpha value is -1.92. The molecule has 0 aromatic heterocycles. The molecule has 0 bridgehead atoms. The van der Waals surface area contributed by atoms with Crippen LogP contribution in [-0.2, 0) is 9.59 Å². The van der Waals surface area contributed by atoms with Gasteiger partial charge in [0.15, 0.2) is 0 Å². The number of anilines is 1. The number of amides is 2. The Morgan fingerprint density at radius 3 is 2.44 bits per heavy atom. The summed E-state index contributed by atoms with van der Waals surface area (Å²) in [4.78, 5) is 27.9. The summed E-state index contributed by atoms with van der Waals surface area (Å²) in [6.45, 7) is 2.07. The van der Waals surface area contributed by atoms with E-state index in [1.165, 1.54) is 22.2 Å². The van der Waals surface area contributed by atoms with Gasteiger partial charge in [-0.3, -0.25) is 9.59 Å². The van der Waals surface area contributed by atoms with E-state index in [1.807, 2.05) is 61.7 Å². The molecule has 25 heavy (non-hydrogen) atoms. The minimum Gasteiger partial charge on any atom is -0.336 e. The van der Waals surface area contributed by atoms with Crippen LogP contribution in [0.4, 0.5) is 5.69 Å². The third kappa shape index (κ3) is 6.14. The fourth-order valence-electron chi connectivity index (χ4n) is 2.13. The third-order valence-electron chi connectivity index (χ3n) is 3.57. The molecule has 2 aromatic rings. The summed E-state index contributed by atoms with van der Waals surface area (Å²) >= 11 is 3.05. The average molecular weight is 375 g/mol. The lowest BCUT2D eigenvalue weighted by Crippen LogP contribution is -2.36. The van der Waals surface area contributed by atoms with Gasteiger partial charge < -0.3 is 10.2 Å². The van der Waals surface area contributed by atoms with Crippen molar-refractivity contribution >= 4 is 41.0 Å². The SMILES string of the molecule is CSc1ccccc1NC(=O)CN(C)C(=O)CSc1ccc(C)cc1. The van der Waals surface area contributed by atoms with Crippen molar-refractivity contribution in [2.45, 2.75) is 16.7 Å². The molecule has 0 radical (unpaired) electrons. The van der Waals surface area contributed by atoms with E-state index in [9.17, 15) is 9.59 Å². The van der Waals surface area contributed by atoms with Crippen LogP contribution in [0.2, 0.25) is 0 Å². The number of nitrogens with one attached hydrogen (secondary N) is 1. The largest absolute Gasteiger partial charge is 0.336 e. The topological polar surface area (TPSA) is 49.4 Å². The van der Waals surface area contributed by atoms with Crippen LogP contribution in [-0.4, -0.2) is 42.3 Å². The summed E-state index contributed by atoms with van der Waals surface area (Å²) in [6.07, 6.45) is 1.96. The van der Waals surface area contributed by atoms with Crippen LogP contribution in [0.5, 0.6) is 0 Å². The molecule has 0 aliphatic rings. The van der Waals surface area contributed by atoms with E-state index in [2.05, 4.69) is 5.32 Å². The van der Waals surface area contributed by atoms with Crippen molar-refractivity contribution in [1.29, 1.82) is 0 Å². The molecule has 0 aliphatic heterocycles. The lowest BCUT2D eigenvalue weighted by Gasteiger charge is -2.17. The molecule has 1 N–H and O–H groups in total. The van der Waals surface area contributed by atoms with Crippen molar-refractivity contribution in [1.82, 2.24) is 4.90 Å². The van der Waals surface area contributed by atoms with Crippen molar-refractivity contribution in [2.75, 3.05) is 30.9 Å². The van der Waals surface area contributed by atoms with E-state index < -0.39 is 0 Å². The molecular formula is C19H22N2O2S2. The van der Waals surface area contributed by atoms with Crippen LogP contribution in [0.1, 0.15) is 5.56 Å². The fraction of sp³-hybridized carbons (Fsp3) is 0.263. The van der Waals surface area contributed by atoms with Gasteiger partial charge in [0.1, 0.15) is 0 Å². The van der Waals surface area contributed by atoms with E-state index >= 15 is 0 Å². The van der Waals surface area contributed by atoms with Crippen molar-refractivity contribution in [3.8, 4) is 0 Å². The molecule has 0 aliphatic carbocycles. The van der Waals surface area contributed by atoms with Gasteiger partial charge in [0.2, 0.25) is 11.8 Å². The first kappa shape index (κ1) is 19.4. The number of benzene rings is 2. The monoisotopic (exact) mass is 374 g/mol. The zero-order valence-corrected chi connectivity index (χ0v) is 16.2. The number of hydrogen-bond donors (Lipinski definition) is 1. The van der Waals surface area contributed by atoms with Crippen molar-refractivity contribution in [3.05, 3.63) is 54.1 Å². The van der Waals surface area contributed by atoms with Crippen LogP contribution in [0.15, 0.2) is 58.3 Å². The molecule has 2 rings (SSSR count). The van der Waals surface area contributed by atoms with Gasteiger partial charge in [-0.2, -0.15) is 0 Å². The number of likely N-dealkylation sites (N-methyl/N-ethyl adjacent to an activating group) is 1. The summed E-state index contributed by atoms with van der Waals surface area (Å²) < 4.78 is 0. The predicted octanol–water partition coefficient (Wildman–Crippen LogP) is 3.91. The maximum atomic E-state index is 12.2. The molecule has 4 nitrogen and oxygen atoms in total. The summed E-state index contributed by atoms with van der Waals surface area (Å²) in [7, 11) is 1.65. The van der Waals surface area contributed by atoms with Gasteiger partial charge in [-0.15, -0.1) is 23.5 Å². The second-order valence-corrected chi connectivity index (χ2v) is 7.50. The Morgan fingerprint density at radius 1 is 1.08 bits per heavy atom. The van der Waals surface area contributed by atoms with E-state index in [4.69, 9.17) is 0 Å². The highest BCUT2D eigenvalue weighted by Gasteiger charge is 2.14. The second kappa shape index (κ2) is 9.53. The molecule has 0 unspecified atom stereocenters. The summed E-state index contributed by atoms with van der Waals surface area (Å²) in [6, 6.07) is 15.7. The molecule has 2 amide bonds. The van der Waals surface area contributed by atoms with E-state index in [-0.39, 0.29) is 18.4 Å². The zero-order chi connectivity index (χ0) is 18.2. The number of thioether (sulfide) groups is 2. The third-order valence-corrected chi connectivity index (χ3v) is 5.36. The van der Waals surface area contributed by atoms with Gasteiger partial charge in [-0.05, 0) is 37.4 Å². The normalized spacial score (nSPS) is 10.4. The molecule has 6 heteroatoms. The van der Waals surface area contributed by atoms with Crippen LogP contribution in [0.25, 0.3) is 0 Å². The molecule has 0 fully saturated rings. The first-order chi connectivity index (χ1) is 12.0. The summed E-state index contributed by atoms with van der Waals surface area (Å²) in [5, 5.41) is 2.87. The van der Waals surface area contributed by atoms with Crippen LogP contribution in [0, 0.1) is 6.92 Å². The highest BCUT2D eigenvalue weighted by Crippen LogP contribution is 2.24. The molecule has 0 saturated carbocycles. The molecule has 0 heterocycles. The first-order valence-corrected chi connectivity index (χ1v) is 10.1. The van der Waals surface area contributed by atoms with Crippen LogP contribution >= 0.6 is 23.5 Å². The number of hydrogen-bond acceptors (Lipinski definition) is 4. The van der Waals surface area contributed by atoms with E-state index in [0.29, 0.717) is 5.75 Å². The Balaban J connectivity index is 1.83.